The van der Waals surface area contributed by atoms with Crippen LogP contribution in [0.25, 0.3) is 0 Å². The summed E-state index contributed by atoms with van der Waals surface area (Å²) in [6.45, 7) is 1.09. The second kappa shape index (κ2) is 12.5. The van der Waals surface area contributed by atoms with Gasteiger partial charge in [0.1, 0.15) is 6.10 Å². The fourth-order valence-corrected chi connectivity index (χ4v) is 1.98. The van der Waals surface area contributed by atoms with Crippen molar-refractivity contribution in [3.8, 4) is 0 Å². The molecule has 0 saturated heterocycles. The molecule has 0 spiro atoms. The maximum absolute atomic E-state index is 13.2. The number of hydrogen-bond acceptors (Lipinski definition) is 3. The number of hydrogen-bond donors (Lipinski definition) is 2. The van der Waals surface area contributed by atoms with Crippen molar-refractivity contribution >= 4 is 0 Å². The quantitative estimate of drug-likeness (QED) is 0.478. The molecular formula is C15H30F2O3. The van der Waals surface area contributed by atoms with E-state index < -0.39 is 25.4 Å². The van der Waals surface area contributed by atoms with Crippen LogP contribution < -0.4 is 0 Å². The summed E-state index contributed by atoms with van der Waals surface area (Å²) < 4.78 is 30.8. The Kier molecular flexibility index (Phi) is 12.3. The number of unbranched alkanes of at least 4 members (excludes halogenated alkanes) is 8. The SMILES string of the molecule is CCCCCCCCCCCC(F)(F)OCC(O)CO. The molecule has 0 aliphatic heterocycles. The first kappa shape index (κ1) is 19.7. The molecule has 3 nitrogen and oxygen atoms in total. The summed E-state index contributed by atoms with van der Waals surface area (Å²) in [5, 5.41) is 17.5. The van der Waals surface area contributed by atoms with Crippen LogP contribution in [0.5, 0.6) is 0 Å². The van der Waals surface area contributed by atoms with Crippen LogP contribution in [0.15, 0.2) is 0 Å². The molecule has 1 unspecified atom stereocenters. The number of rotatable bonds is 14. The monoisotopic (exact) mass is 296 g/mol. The van der Waals surface area contributed by atoms with Crippen molar-refractivity contribution in [3.05, 3.63) is 0 Å². The van der Waals surface area contributed by atoms with Crippen LogP contribution in [-0.4, -0.2) is 35.6 Å². The largest absolute Gasteiger partial charge is 0.394 e. The number of aliphatic hydroxyl groups is 2. The summed E-state index contributed by atoms with van der Waals surface area (Å²) >= 11 is 0. The van der Waals surface area contributed by atoms with Gasteiger partial charge in [0.2, 0.25) is 0 Å². The van der Waals surface area contributed by atoms with Gasteiger partial charge in [-0.1, -0.05) is 58.3 Å². The van der Waals surface area contributed by atoms with Crippen LogP contribution in [0.4, 0.5) is 8.78 Å². The summed E-state index contributed by atoms with van der Waals surface area (Å²) in [5.74, 6) is 0. The summed E-state index contributed by atoms with van der Waals surface area (Å²) in [6.07, 6.45) is 4.79. The van der Waals surface area contributed by atoms with Gasteiger partial charge in [-0.15, -0.1) is 0 Å². The zero-order chi connectivity index (χ0) is 15.3. The highest BCUT2D eigenvalue weighted by atomic mass is 19.3. The lowest BCUT2D eigenvalue weighted by molar-refractivity contribution is -0.253. The van der Waals surface area contributed by atoms with Gasteiger partial charge in [-0.3, -0.25) is 0 Å². The highest BCUT2D eigenvalue weighted by molar-refractivity contribution is 4.58. The van der Waals surface area contributed by atoms with Gasteiger partial charge in [-0.05, 0) is 6.42 Å². The van der Waals surface area contributed by atoms with Crippen LogP contribution in [0.1, 0.15) is 71.1 Å². The average molecular weight is 296 g/mol. The lowest BCUT2D eigenvalue weighted by Crippen LogP contribution is -2.28. The highest BCUT2D eigenvalue weighted by Crippen LogP contribution is 2.24. The molecule has 0 radical (unpaired) electrons. The molecule has 0 rings (SSSR count). The van der Waals surface area contributed by atoms with E-state index in [1.807, 2.05) is 0 Å². The van der Waals surface area contributed by atoms with Gasteiger partial charge in [0.25, 0.3) is 0 Å². The molecule has 0 bridgehead atoms. The first-order chi connectivity index (χ1) is 9.52. The number of alkyl halides is 2. The minimum absolute atomic E-state index is 0.318. The zero-order valence-electron chi connectivity index (χ0n) is 12.6. The van der Waals surface area contributed by atoms with E-state index in [0.29, 0.717) is 6.42 Å². The van der Waals surface area contributed by atoms with E-state index in [9.17, 15) is 8.78 Å². The molecule has 5 heteroatoms. The highest BCUT2D eigenvalue weighted by Gasteiger charge is 2.29. The summed E-state index contributed by atoms with van der Waals surface area (Å²) in [5.41, 5.74) is 0. The van der Waals surface area contributed by atoms with Gasteiger partial charge in [-0.2, -0.15) is 8.78 Å². The second-order valence-electron chi connectivity index (χ2n) is 5.36. The summed E-state index contributed by atoms with van der Waals surface area (Å²) in [7, 11) is 0. The lowest BCUT2D eigenvalue weighted by Gasteiger charge is -2.18. The molecule has 2 N–H and O–H groups in total. The van der Waals surface area contributed by atoms with E-state index in [2.05, 4.69) is 11.7 Å². The molecule has 0 fully saturated rings. The van der Waals surface area contributed by atoms with Crippen molar-refractivity contribution in [2.24, 2.45) is 0 Å². The maximum Gasteiger partial charge on any atom is 0.355 e. The van der Waals surface area contributed by atoms with E-state index in [0.717, 1.165) is 19.3 Å². The molecule has 0 aliphatic carbocycles. The molecular weight excluding hydrogens is 266 g/mol. The van der Waals surface area contributed by atoms with Crippen molar-refractivity contribution in [2.45, 2.75) is 83.3 Å². The van der Waals surface area contributed by atoms with Gasteiger partial charge in [0, 0.05) is 6.42 Å². The van der Waals surface area contributed by atoms with E-state index in [1.165, 1.54) is 32.1 Å². The van der Waals surface area contributed by atoms with Crippen LogP contribution in [0, 0.1) is 0 Å². The summed E-state index contributed by atoms with van der Waals surface area (Å²) in [6, 6.07) is 0. The standard InChI is InChI=1S/C15H30F2O3/c1-2-3-4-5-6-7-8-9-10-11-15(16,17)20-13-14(19)12-18/h14,18-19H,2-13H2,1H3. The van der Waals surface area contributed by atoms with Crippen LogP contribution in [0.2, 0.25) is 0 Å². The maximum atomic E-state index is 13.2. The topological polar surface area (TPSA) is 49.7 Å². The predicted octanol–water partition coefficient (Wildman–Crippen LogP) is 3.87. The van der Waals surface area contributed by atoms with Gasteiger partial charge in [-0.25, -0.2) is 0 Å². The van der Waals surface area contributed by atoms with E-state index in [4.69, 9.17) is 10.2 Å². The smallest absolute Gasteiger partial charge is 0.355 e. The molecule has 0 amide bonds. The van der Waals surface area contributed by atoms with Crippen molar-refractivity contribution < 1.29 is 23.7 Å². The van der Waals surface area contributed by atoms with E-state index >= 15 is 0 Å². The molecule has 0 heterocycles. The Balaban J connectivity index is 3.39. The minimum atomic E-state index is -3.20. The normalized spacial score (nSPS) is 13.7. The van der Waals surface area contributed by atoms with E-state index in [-0.39, 0.29) is 6.42 Å². The fraction of sp³-hybridized carbons (Fsp3) is 1.00. The Hall–Kier alpha value is -0.260. The van der Waals surface area contributed by atoms with E-state index in [1.54, 1.807) is 0 Å². The third kappa shape index (κ3) is 12.8. The molecule has 0 saturated carbocycles. The number of halogens is 2. The van der Waals surface area contributed by atoms with Crippen molar-refractivity contribution in [2.75, 3.05) is 13.2 Å². The average Bonchev–Trinajstić information content (AvgIpc) is 2.43. The molecule has 122 valence electrons. The van der Waals surface area contributed by atoms with Crippen molar-refractivity contribution in [3.63, 3.8) is 0 Å². The first-order valence-corrected chi connectivity index (χ1v) is 7.82. The van der Waals surface area contributed by atoms with Crippen molar-refractivity contribution in [1.82, 2.24) is 0 Å². The molecule has 0 aliphatic rings. The van der Waals surface area contributed by atoms with Gasteiger partial charge in [0.05, 0.1) is 13.2 Å². The zero-order valence-corrected chi connectivity index (χ0v) is 12.6. The van der Waals surface area contributed by atoms with Crippen LogP contribution in [0.3, 0.4) is 0 Å². The second-order valence-corrected chi connectivity index (χ2v) is 5.36. The van der Waals surface area contributed by atoms with Gasteiger partial charge in [0.15, 0.2) is 0 Å². The van der Waals surface area contributed by atoms with Crippen LogP contribution >= 0.6 is 0 Å². The minimum Gasteiger partial charge on any atom is -0.394 e. The molecule has 0 aromatic heterocycles. The fourth-order valence-electron chi connectivity index (χ4n) is 1.98. The molecule has 1 atom stereocenters. The third-order valence-electron chi connectivity index (χ3n) is 3.27. The van der Waals surface area contributed by atoms with Gasteiger partial charge >= 0.3 is 6.11 Å². The Labute approximate surface area is 121 Å². The molecule has 0 aromatic rings. The summed E-state index contributed by atoms with van der Waals surface area (Å²) in [4.78, 5) is 0. The Morgan fingerprint density at radius 2 is 1.45 bits per heavy atom. The predicted molar refractivity (Wildman–Crippen MR) is 75.8 cm³/mol. The first-order valence-electron chi connectivity index (χ1n) is 7.82. The molecule has 20 heavy (non-hydrogen) atoms. The van der Waals surface area contributed by atoms with Crippen molar-refractivity contribution in [1.29, 1.82) is 0 Å². The van der Waals surface area contributed by atoms with Crippen LogP contribution in [-0.2, 0) is 4.74 Å². The Bertz CT molecular complexity index is 213. The Morgan fingerprint density at radius 3 is 1.95 bits per heavy atom. The van der Waals surface area contributed by atoms with Gasteiger partial charge < -0.3 is 14.9 Å². The Morgan fingerprint density at radius 1 is 0.950 bits per heavy atom. The number of ether oxygens (including phenoxy) is 1. The lowest BCUT2D eigenvalue weighted by atomic mass is 10.1. The number of aliphatic hydroxyl groups excluding tert-OH is 2. The third-order valence-corrected chi connectivity index (χ3v) is 3.27. The molecule has 0 aromatic carbocycles.